The van der Waals surface area contributed by atoms with Gasteiger partial charge in [0.2, 0.25) is 5.91 Å². The van der Waals surface area contributed by atoms with Crippen LogP contribution in [0, 0.1) is 0 Å². The van der Waals surface area contributed by atoms with Crippen LogP contribution >= 0.6 is 0 Å². The molecule has 1 aliphatic heterocycles. The van der Waals surface area contributed by atoms with Crippen LogP contribution in [0.2, 0.25) is 0 Å². The SMILES string of the molecule is CC(C)(C)OC(=O)N[C@@H](CCC(=O)C=S(C)(C)=O)C(=O)NC1CCN(C(=O)O)CC1. The minimum Gasteiger partial charge on any atom is -0.465 e. The van der Waals surface area contributed by atoms with Crippen LogP contribution in [0.4, 0.5) is 9.59 Å². The van der Waals surface area contributed by atoms with E-state index in [2.05, 4.69) is 10.6 Å². The van der Waals surface area contributed by atoms with Gasteiger partial charge in [-0.15, -0.1) is 0 Å². The lowest BCUT2D eigenvalue weighted by Crippen LogP contribution is -2.53. The second-order valence-electron chi connectivity index (χ2n) is 8.68. The van der Waals surface area contributed by atoms with E-state index in [0.717, 1.165) is 5.37 Å². The Kier molecular flexibility index (Phi) is 9.13. The highest BCUT2D eigenvalue weighted by molar-refractivity contribution is 8.01. The van der Waals surface area contributed by atoms with Crippen LogP contribution in [-0.4, -0.2) is 86.7 Å². The van der Waals surface area contributed by atoms with Crippen molar-refractivity contribution < 1.29 is 33.2 Å². The average Bonchev–Trinajstić information content (AvgIpc) is 2.55. The lowest BCUT2D eigenvalue weighted by atomic mass is 10.0. The van der Waals surface area contributed by atoms with Crippen molar-refractivity contribution in [3.05, 3.63) is 0 Å². The number of alkyl carbamates (subject to hydrolysis) is 1. The Balaban J connectivity index is 2.77. The van der Waals surface area contributed by atoms with Gasteiger partial charge in [0.05, 0.1) is 0 Å². The van der Waals surface area contributed by atoms with Crippen molar-refractivity contribution in [3.8, 4) is 0 Å². The Morgan fingerprint density at radius 1 is 1.20 bits per heavy atom. The molecule has 0 bridgehead atoms. The van der Waals surface area contributed by atoms with Gasteiger partial charge in [-0.25, -0.2) is 9.59 Å². The second-order valence-corrected chi connectivity index (χ2v) is 11.5. The van der Waals surface area contributed by atoms with Crippen molar-refractivity contribution in [2.24, 2.45) is 0 Å². The number of ketones is 1. The molecule has 3 amide bonds. The summed E-state index contributed by atoms with van der Waals surface area (Å²) in [5.41, 5.74) is -0.756. The van der Waals surface area contributed by atoms with Gasteiger partial charge in [0.1, 0.15) is 11.6 Å². The van der Waals surface area contributed by atoms with Crippen LogP contribution < -0.4 is 10.6 Å². The number of carboxylic acid groups (broad SMARTS) is 1. The summed E-state index contributed by atoms with van der Waals surface area (Å²) in [5, 5.41) is 15.5. The van der Waals surface area contributed by atoms with Crippen LogP contribution in [-0.2, 0) is 23.8 Å². The molecule has 1 aliphatic rings. The van der Waals surface area contributed by atoms with E-state index in [0.29, 0.717) is 25.9 Å². The Morgan fingerprint density at radius 2 is 1.77 bits per heavy atom. The molecule has 30 heavy (non-hydrogen) atoms. The number of hydrogen-bond acceptors (Lipinski definition) is 6. The molecule has 1 atom stereocenters. The topological polar surface area (TPSA) is 142 Å². The summed E-state index contributed by atoms with van der Waals surface area (Å²) in [6.07, 6.45) is 1.97. The molecule has 1 saturated heterocycles. The first-order valence-corrected chi connectivity index (χ1v) is 12.2. The monoisotopic (exact) mass is 447 g/mol. The summed E-state index contributed by atoms with van der Waals surface area (Å²) < 4.78 is 17.0. The zero-order valence-electron chi connectivity index (χ0n) is 18.2. The number of carbonyl (C=O) groups is 4. The van der Waals surface area contributed by atoms with Crippen molar-refractivity contribution in [1.29, 1.82) is 0 Å². The Hall–Kier alpha value is -2.30. The van der Waals surface area contributed by atoms with Gasteiger partial charge < -0.3 is 25.4 Å². The fourth-order valence-corrected chi connectivity index (χ4v) is 3.65. The molecule has 0 aromatic heterocycles. The van der Waals surface area contributed by atoms with Crippen molar-refractivity contribution in [3.63, 3.8) is 0 Å². The van der Waals surface area contributed by atoms with E-state index in [9.17, 15) is 23.4 Å². The minimum absolute atomic E-state index is 0.0178. The van der Waals surface area contributed by atoms with Crippen molar-refractivity contribution in [1.82, 2.24) is 15.5 Å². The average molecular weight is 448 g/mol. The Morgan fingerprint density at radius 3 is 2.23 bits per heavy atom. The molecule has 172 valence electrons. The van der Waals surface area contributed by atoms with Gasteiger partial charge in [0.25, 0.3) is 0 Å². The molecule has 3 N–H and O–H groups in total. The number of likely N-dealkylation sites (tertiary alicyclic amines) is 1. The van der Waals surface area contributed by atoms with E-state index in [-0.39, 0.29) is 24.7 Å². The van der Waals surface area contributed by atoms with Gasteiger partial charge in [0, 0.05) is 43.4 Å². The number of ether oxygens (including phenoxy) is 1. The third-order valence-electron chi connectivity index (χ3n) is 4.21. The standard InChI is InChI=1S/C19H33N3O7S/c1-19(2,3)29-17(25)21-15(7-6-14(23)12-30(4,5)28)16(24)20-13-8-10-22(11-9-13)18(26)27/h12-13,15H,6-11H2,1-5H3,(H,20,24)(H,21,25)(H,26,27)/t15-/m0/s1. The fraction of sp³-hybridized carbons (Fsp3) is 0.737. The van der Waals surface area contributed by atoms with E-state index in [1.54, 1.807) is 20.8 Å². The molecule has 1 rings (SSSR count). The summed E-state index contributed by atoms with van der Waals surface area (Å²) in [7, 11) is -2.36. The molecule has 0 aromatic rings. The Bertz CT molecular complexity index is 765. The summed E-state index contributed by atoms with van der Waals surface area (Å²) >= 11 is 0. The number of hydrogen-bond donors (Lipinski definition) is 3. The number of carbonyl (C=O) groups excluding carboxylic acids is 3. The molecule has 0 aromatic carbocycles. The smallest absolute Gasteiger partial charge is 0.408 e. The quantitative estimate of drug-likeness (QED) is 0.491. The maximum atomic E-state index is 12.7. The molecular formula is C19H33N3O7S. The second kappa shape index (κ2) is 10.6. The molecule has 1 heterocycles. The fourth-order valence-electron chi connectivity index (χ4n) is 2.90. The predicted molar refractivity (Wildman–Crippen MR) is 114 cm³/mol. The zero-order valence-corrected chi connectivity index (χ0v) is 19.0. The van der Waals surface area contributed by atoms with E-state index in [1.165, 1.54) is 17.4 Å². The van der Waals surface area contributed by atoms with Gasteiger partial charge in [-0.05, 0) is 49.6 Å². The van der Waals surface area contributed by atoms with Gasteiger partial charge in [-0.2, -0.15) is 0 Å². The molecule has 10 nitrogen and oxygen atoms in total. The molecular weight excluding hydrogens is 414 g/mol. The van der Waals surface area contributed by atoms with Crippen LogP contribution in [0.25, 0.3) is 0 Å². The van der Waals surface area contributed by atoms with Gasteiger partial charge in [0.15, 0.2) is 5.78 Å². The number of rotatable bonds is 7. The maximum absolute atomic E-state index is 12.7. The summed E-state index contributed by atoms with van der Waals surface area (Å²) in [6, 6.07) is -1.25. The molecule has 0 unspecified atom stereocenters. The van der Waals surface area contributed by atoms with Crippen molar-refractivity contribution >= 4 is 38.8 Å². The molecule has 0 saturated carbocycles. The molecule has 1 fully saturated rings. The first-order valence-electron chi connectivity index (χ1n) is 9.76. The number of piperidine rings is 1. The van der Waals surface area contributed by atoms with E-state index in [1.807, 2.05) is 0 Å². The molecule has 0 spiro atoms. The highest BCUT2D eigenvalue weighted by Gasteiger charge is 2.28. The first-order chi connectivity index (χ1) is 13.7. The highest BCUT2D eigenvalue weighted by atomic mass is 32.2. The van der Waals surface area contributed by atoms with E-state index < -0.39 is 39.3 Å². The summed E-state index contributed by atoms with van der Waals surface area (Å²) in [6.45, 7) is 5.68. The maximum Gasteiger partial charge on any atom is 0.408 e. The van der Waals surface area contributed by atoms with Crippen molar-refractivity contribution in [2.45, 2.75) is 64.1 Å². The lowest BCUT2D eigenvalue weighted by Gasteiger charge is -2.31. The molecule has 0 radical (unpaired) electrons. The summed E-state index contributed by atoms with van der Waals surface area (Å²) in [4.78, 5) is 49.2. The van der Waals surface area contributed by atoms with Crippen molar-refractivity contribution in [2.75, 3.05) is 25.6 Å². The molecule has 11 heteroatoms. The van der Waals surface area contributed by atoms with Crippen LogP contribution in [0.5, 0.6) is 0 Å². The van der Waals surface area contributed by atoms with E-state index in [4.69, 9.17) is 9.84 Å². The van der Waals surface area contributed by atoms with Crippen LogP contribution in [0.15, 0.2) is 0 Å². The van der Waals surface area contributed by atoms with Crippen LogP contribution in [0.3, 0.4) is 0 Å². The predicted octanol–water partition coefficient (Wildman–Crippen LogP) is 0.834. The van der Waals surface area contributed by atoms with Gasteiger partial charge in [-0.1, -0.05) is 0 Å². The van der Waals surface area contributed by atoms with Gasteiger partial charge in [-0.3, -0.25) is 13.8 Å². The van der Waals surface area contributed by atoms with Gasteiger partial charge >= 0.3 is 12.2 Å². The van der Waals surface area contributed by atoms with Crippen LogP contribution in [0.1, 0.15) is 46.5 Å². The highest BCUT2D eigenvalue weighted by Crippen LogP contribution is 2.12. The third-order valence-corrected chi connectivity index (χ3v) is 5.04. The summed E-state index contributed by atoms with van der Waals surface area (Å²) in [5.74, 6) is -0.847. The number of nitrogens with zero attached hydrogens (tertiary/aromatic N) is 1. The minimum atomic E-state index is -2.36. The zero-order chi connectivity index (χ0) is 23.1. The lowest BCUT2D eigenvalue weighted by molar-refractivity contribution is -0.124. The van der Waals surface area contributed by atoms with E-state index >= 15 is 0 Å². The molecule has 0 aliphatic carbocycles. The normalized spacial score (nSPS) is 16.4. The number of amides is 3. The Labute approximate surface area is 177 Å². The third kappa shape index (κ3) is 10.5. The number of Topliss-reactive ketones (excluding diaryl/α,β-unsaturated/α-hetero) is 1. The first kappa shape index (κ1) is 25.7. The number of nitrogens with one attached hydrogen (secondary N) is 2. The largest absolute Gasteiger partial charge is 0.465 e.